The SMILES string of the molecule is CCC(NC(=N)N)(NC(=O)OC1CCCCC1)C(=O)[SeH]. The van der Waals surface area contributed by atoms with Crippen LogP contribution in [-0.4, -0.2) is 44.5 Å². The van der Waals surface area contributed by atoms with Crippen molar-refractivity contribution in [2.75, 3.05) is 0 Å². The monoisotopic (exact) mass is 350 g/mol. The van der Waals surface area contributed by atoms with Crippen molar-refractivity contribution in [1.29, 1.82) is 5.41 Å². The molecular formula is C12H22N4O3Se. The summed E-state index contributed by atoms with van der Waals surface area (Å²) in [5.41, 5.74) is 3.87. The fourth-order valence-corrected chi connectivity index (χ4v) is 2.80. The van der Waals surface area contributed by atoms with Gasteiger partial charge in [0.2, 0.25) is 0 Å². The minimum atomic E-state index is -1.41. The molecule has 1 fully saturated rings. The first-order chi connectivity index (χ1) is 9.39. The fraction of sp³-hybridized carbons (Fsp3) is 0.750. The quantitative estimate of drug-likeness (QED) is 0.242. The molecule has 0 aromatic rings. The number of alkyl carbamates (subject to hydrolysis) is 1. The van der Waals surface area contributed by atoms with Crippen LogP contribution in [0.15, 0.2) is 0 Å². The van der Waals surface area contributed by atoms with Crippen LogP contribution in [0.1, 0.15) is 45.4 Å². The molecule has 0 bridgehead atoms. The van der Waals surface area contributed by atoms with Crippen molar-refractivity contribution in [2.45, 2.75) is 57.2 Å². The maximum atomic E-state index is 11.9. The molecule has 0 heterocycles. The maximum absolute atomic E-state index is 11.9. The van der Waals surface area contributed by atoms with E-state index in [-0.39, 0.29) is 23.2 Å². The van der Waals surface area contributed by atoms with Crippen molar-refractivity contribution in [2.24, 2.45) is 5.73 Å². The topological polar surface area (TPSA) is 117 Å². The van der Waals surface area contributed by atoms with E-state index in [1.54, 1.807) is 6.92 Å². The van der Waals surface area contributed by atoms with E-state index in [0.29, 0.717) is 0 Å². The molecule has 1 saturated carbocycles. The van der Waals surface area contributed by atoms with Gasteiger partial charge in [0, 0.05) is 0 Å². The summed E-state index contributed by atoms with van der Waals surface area (Å²) in [6.07, 6.45) is 4.45. The summed E-state index contributed by atoms with van der Waals surface area (Å²) in [5.74, 6) is -0.385. The Kier molecular flexibility index (Phi) is 6.29. The zero-order valence-corrected chi connectivity index (χ0v) is 13.4. The van der Waals surface area contributed by atoms with Crippen molar-refractivity contribution in [3.63, 3.8) is 0 Å². The third kappa shape index (κ3) is 4.68. The number of ether oxygens (including phenoxy) is 1. The summed E-state index contributed by atoms with van der Waals surface area (Å²) in [4.78, 5) is 23.7. The summed E-state index contributed by atoms with van der Waals surface area (Å²) in [6.45, 7) is 1.71. The molecule has 0 radical (unpaired) electrons. The second kappa shape index (κ2) is 7.50. The third-order valence-electron chi connectivity index (χ3n) is 3.38. The Bertz CT molecular complexity index is 385. The van der Waals surface area contributed by atoms with Gasteiger partial charge in [-0.3, -0.25) is 0 Å². The summed E-state index contributed by atoms with van der Waals surface area (Å²) >= 11 is 1.83. The third-order valence-corrected chi connectivity index (χ3v) is 4.19. The van der Waals surface area contributed by atoms with Crippen LogP contribution in [-0.2, 0) is 9.53 Å². The van der Waals surface area contributed by atoms with Crippen molar-refractivity contribution >= 4 is 32.7 Å². The number of nitrogens with two attached hydrogens (primary N) is 1. The second-order valence-corrected chi connectivity index (χ2v) is 5.75. The van der Waals surface area contributed by atoms with Crippen molar-refractivity contribution in [3.05, 3.63) is 0 Å². The second-order valence-electron chi connectivity index (χ2n) is 4.89. The molecule has 1 rings (SSSR count). The van der Waals surface area contributed by atoms with E-state index in [0.717, 1.165) is 32.1 Å². The van der Waals surface area contributed by atoms with Crippen LogP contribution in [0.4, 0.5) is 4.79 Å². The zero-order valence-electron chi connectivity index (χ0n) is 11.6. The Labute approximate surface area is 126 Å². The van der Waals surface area contributed by atoms with Gasteiger partial charge in [-0.25, -0.2) is 0 Å². The van der Waals surface area contributed by atoms with Gasteiger partial charge < -0.3 is 0 Å². The molecule has 0 spiro atoms. The van der Waals surface area contributed by atoms with Crippen LogP contribution >= 0.6 is 0 Å². The van der Waals surface area contributed by atoms with Crippen LogP contribution in [0.5, 0.6) is 0 Å². The number of carbonyl (C=O) groups is 2. The Morgan fingerprint density at radius 1 is 1.35 bits per heavy atom. The Hall–Kier alpha value is -1.27. The first-order valence-electron chi connectivity index (χ1n) is 6.74. The van der Waals surface area contributed by atoms with Gasteiger partial charge in [0.1, 0.15) is 0 Å². The number of carbonyl (C=O) groups excluding carboxylic acids is 2. The molecule has 0 aliphatic heterocycles. The Balaban J connectivity index is 2.65. The molecule has 7 nitrogen and oxygen atoms in total. The summed E-state index contributed by atoms with van der Waals surface area (Å²) in [6, 6.07) is 0. The van der Waals surface area contributed by atoms with Gasteiger partial charge in [0.25, 0.3) is 0 Å². The van der Waals surface area contributed by atoms with Gasteiger partial charge in [-0.1, -0.05) is 0 Å². The van der Waals surface area contributed by atoms with E-state index in [9.17, 15) is 9.59 Å². The van der Waals surface area contributed by atoms with Gasteiger partial charge in [0.15, 0.2) is 0 Å². The van der Waals surface area contributed by atoms with Gasteiger partial charge in [-0.15, -0.1) is 0 Å². The minimum absolute atomic E-state index is 0.0999. The summed E-state index contributed by atoms with van der Waals surface area (Å²) < 4.78 is 4.93. The van der Waals surface area contributed by atoms with E-state index in [1.807, 2.05) is 16.0 Å². The van der Waals surface area contributed by atoms with E-state index >= 15 is 0 Å². The molecule has 1 atom stereocenters. The number of hydrogen-bond donors (Lipinski definition) is 4. The molecule has 1 aliphatic carbocycles. The van der Waals surface area contributed by atoms with Crippen LogP contribution in [0.3, 0.4) is 0 Å². The predicted molar refractivity (Wildman–Crippen MR) is 76.7 cm³/mol. The summed E-state index contributed by atoms with van der Waals surface area (Å²) in [7, 11) is 0. The molecule has 0 saturated heterocycles. The van der Waals surface area contributed by atoms with E-state index in [1.165, 1.54) is 0 Å². The van der Waals surface area contributed by atoms with Crippen molar-refractivity contribution in [3.8, 4) is 0 Å². The number of rotatable bonds is 5. The predicted octanol–water partition coefficient (Wildman–Crippen LogP) is 0.0621. The standard InChI is InChI=1S/C12H22N4O3Se/c1-2-12(9(17)20,15-10(13)14)16-11(18)19-8-6-4-3-5-7-8/h8H,2-7H2,1H3,(H,16,18)(H,17,20)(H4,13,14,15). The molecule has 0 aromatic carbocycles. The number of amides is 1. The molecule has 114 valence electrons. The van der Waals surface area contributed by atoms with Crippen LogP contribution in [0.2, 0.25) is 0 Å². The Morgan fingerprint density at radius 3 is 2.40 bits per heavy atom. The zero-order chi connectivity index (χ0) is 15.2. The average molecular weight is 349 g/mol. The van der Waals surface area contributed by atoms with Gasteiger partial charge >= 0.3 is 126 Å². The molecular weight excluding hydrogens is 327 g/mol. The van der Waals surface area contributed by atoms with Crippen molar-refractivity contribution in [1.82, 2.24) is 10.6 Å². The average Bonchev–Trinajstić information content (AvgIpc) is 2.38. The molecule has 1 amide bonds. The van der Waals surface area contributed by atoms with E-state index < -0.39 is 11.8 Å². The van der Waals surface area contributed by atoms with E-state index in [2.05, 4.69) is 10.6 Å². The molecule has 5 N–H and O–H groups in total. The van der Waals surface area contributed by atoms with Gasteiger partial charge in [0.05, 0.1) is 0 Å². The first kappa shape index (κ1) is 16.8. The normalized spacial score (nSPS) is 18.7. The molecule has 1 aliphatic rings. The van der Waals surface area contributed by atoms with Crippen molar-refractivity contribution < 1.29 is 14.3 Å². The van der Waals surface area contributed by atoms with E-state index in [4.69, 9.17) is 15.9 Å². The first-order valence-corrected chi connectivity index (χ1v) is 7.68. The molecule has 1 unspecified atom stereocenters. The van der Waals surface area contributed by atoms with Gasteiger partial charge in [-0.2, -0.15) is 0 Å². The van der Waals surface area contributed by atoms with Crippen LogP contribution < -0.4 is 16.4 Å². The van der Waals surface area contributed by atoms with Crippen LogP contribution in [0, 0.1) is 5.41 Å². The van der Waals surface area contributed by atoms with Crippen LogP contribution in [0.25, 0.3) is 0 Å². The number of hydrogen-bond acceptors (Lipinski definition) is 4. The molecule has 0 aromatic heterocycles. The van der Waals surface area contributed by atoms with Gasteiger partial charge in [-0.05, 0) is 0 Å². The molecule has 20 heavy (non-hydrogen) atoms. The Morgan fingerprint density at radius 2 is 1.95 bits per heavy atom. The molecule has 8 heteroatoms. The fourth-order valence-electron chi connectivity index (χ4n) is 2.23. The summed E-state index contributed by atoms with van der Waals surface area (Å²) in [5, 5.41) is 12.3. The number of nitrogens with one attached hydrogen (secondary N) is 3. The number of guanidine groups is 1.